The number of nitrogens with one attached hydrogen (secondary N) is 2. The molecule has 2 N–H and O–H groups in total. The molecule has 0 aliphatic rings. The maximum absolute atomic E-state index is 4.38. The lowest BCUT2D eigenvalue weighted by Crippen LogP contribution is -2.28. The van der Waals surface area contributed by atoms with Crippen molar-refractivity contribution in [1.29, 1.82) is 0 Å². The van der Waals surface area contributed by atoms with Gasteiger partial charge < -0.3 is 10.6 Å². The van der Waals surface area contributed by atoms with E-state index in [1.165, 1.54) is 0 Å². The van der Waals surface area contributed by atoms with E-state index in [1.807, 2.05) is 5.38 Å². The minimum absolute atomic E-state index is 0.282. The molecule has 0 aliphatic heterocycles. The number of hydrogen-bond acceptors (Lipinski definition) is 6. The molecule has 0 bridgehead atoms. The summed E-state index contributed by atoms with van der Waals surface area (Å²) in [7, 11) is 1.79. The summed E-state index contributed by atoms with van der Waals surface area (Å²) in [5.41, 5.74) is -0.282. The van der Waals surface area contributed by atoms with Crippen LogP contribution in [-0.4, -0.2) is 22.0 Å². The van der Waals surface area contributed by atoms with Gasteiger partial charge in [-0.1, -0.05) is 0 Å². The molecule has 2 aromatic heterocycles. The van der Waals surface area contributed by atoms with Gasteiger partial charge in [-0.3, -0.25) is 0 Å². The van der Waals surface area contributed by atoms with Gasteiger partial charge in [-0.25, -0.2) is 9.97 Å². The van der Waals surface area contributed by atoms with E-state index < -0.39 is 0 Å². The zero-order valence-corrected chi connectivity index (χ0v) is 12.8. The van der Waals surface area contributed by atoms with E-state index in [0.717, 1.165) is 15.3 Å². The van der Waals surface area contributed by atoms with E-state index in [-0.39, 0.29) is 5.54 Å². The van der Waals surface area contributed by atoms with Gasteiger partial charge in [0.2, 0.25) is 5.95 Å². The third-order valence-electron chi connectivity index (χ3n) is 2.37. The molecule has 0 spiro atoms. The van der Waals surface area contributed by atoms with Crippen molar-refractivity contribution in [3.8, 4) is 0 Å². The Bertz CT molecular complexity index is 526. The van der Waals surface area contributed by atoms with Gasteiger partial charge in [0.05, 0.1) is 10.0 Å². The summed E-state index contributed by atoms with van der Waals surface area (Å²) < 4.78 is 0.825. The van der Waals surface area contributed by atoms with E-state index >= 15 is 0 Å². The predicted molar refractivity (Wildman–Crippen MR) is 78.0 cm³/mol. The molecular formula is C11H14BrN5S. The number of aromatic nitrogens is 3. The second-order valence-corrected chi connectivity index (χ2v) is 5.98. The summed E-state index contributed by atoms with van der Waals surface area (Å²) >= 11 is 5.06. The zero-order chi connectivity index (χ0) is 13.2. The van der Waals surface area contributed by atoms with Gasteiger partial charge in [0.25, 0.3) is 0 Å². The molecule has 2 heterocycles. The molecule has 0 saturated carbocycles. The Labute approximate surface area is 118 Å². The SMILES string of the molecule is CNc1ncc(Br)c(NC(C)(C)c2nccs2)n1. The number of anilines is 2. The number of rotatable bonds is 4. The fourth-order valence-electron chi connectivity index (χ4n) is 1.46. The summed E-state index contributed by atoms with van der Waals surface area (Å²) in [6.07, 6.45) is 3.52. The van der Waals surface area contributed by atoms with Crippen LogP contribution in [0.4, 0.5) is 11.8 Å². The maximum atomic E-state index is 4.38. The lowest BCUT2D eigenvalue weighted by Gasteiger charge is -2.25. The highest BCUT2D eigenvalue weighted by atomic mass is 79.9. The first kappa shape index (κ1) is 13.2. The quantitative estimate of drug-likeness (QED) is 0.903. The van der Waals surface area contributed by atoms with Crippen molar-refractivity contribution < 1.29 is 0 Å². The van der Waals surface area contributed by atoms with Crippen LogP contribution < -0.4 is 10.6 Å². The molecule has 2 aromatic rings. The molecule has 0 aliphatic carbocycles. The minimum atomic E-state index is -0.282. The normalized spacial score (nSPS) is 11.3. The van der Waals surface area contributed by atoms with Crippen LogP contribution >= 0.6 is 27.3 Å². The summed E-state index contributed by atoms with van der Waals surface area (Å²) in [6.45, 7) is 4.14. The van der Waals surface area contributed by atoms with Crippen LogP contribution in [0.25, 0.3) is 0 Å². The first-order chi connectivity index (χ1) is 8.53. The average Bonchev–Trinajstić information content (AvgIpc) is 2.86. The van der Waals surface area contributed by atoms with E-state index in [9.17, 15) is 0 Å². The van der Waals surface area contributed by atoms with Crippen molar-refractivity contribution >= 4 is 39.0 Å². The minimum Gasteiger partial charge on any atom is -0.358 e. The lowest BCUT2D eigenvalue weighted by atomic mass is 10.1. The maximum Gasteiger partial charge on any atom is 0.224 e. The topological polar surface area (TPSA) is 62.7 Å². The first-order valence-electron chi connectivity index (χ1n) is 5.41. The Morgan fingerprint density at radius 2 is 2.11 bits per heavy atom. The van der Waals surface area contributed by atoms with Crippen molar-refractivity contribution in [2.24, 2.45) is 0 Å². The molecule has 18 heavy (non-hydrogen) atoms. The standard InChI is InChI=1S/C11H14BrN5S/c1-11(2,9-14-4-5-18-9)17-8-7(12)6-15-10(13-3)16-8/h4-6H,1-3H3,(H2,13,15,16,17). The third kappa shape index (κ3) is 2.78. The molecule has 7 heteroatoms. The van der Waals surface area contributed by atoms with Crippen molar-refractivity contribution in [3.63, 3.8) is 0 Å². The Morgan fingerprint density at radius 3 is 2.72 bits per heavy atom. The average molecular weight is 328 g/mol. The van der Waals surface area contributed by atoms with Gasteiger partial charge in [-0.2, -0.15) is 4.98 Å². The van der Waals surface area contributed by atoms with Crippen LogP contribution in [0.3, 0.4) is 0 Å². The molecule has 0 unspecified atom stereocenters. The van der Waals surface area contributed by atoms with Gasteiger partial charge in [0, 0.05) is 24.8 Å². The van der Waals surface area contributed by atoms with Gasteiger partial charge in [-0.05, 0) is 29.8 Å². The molecule has 2 rings (SSSR count). The van der Waals surface area contributed by atoms with E-state index in [4.69, 9.17) is 0 Å². The number of halogens is 1. The van der Waals surface area contributed by atoms with Gasteiger partial charge in [-0.15, -0.1) is 11.3 Å². The highest BCUT2D eigenvalue weighted by Crippen LogP contribution is 2.29. The van der Waals surface area contributed by atoms with Crippen molar-refractivity contribution in [2.45, 2.75) is 19.4 Å². The monoisotopic (exact) mass is 327 g/mol. The summed E-state index contributed by atoms with van der Waals surface area (Å²) in [5.74, 6) is 1.32. The van der Waals surface area contributed by atoms with E-state index in [2.05, 4.69) is 55.4 Å². The van der Waals surface area contributed by atoms with Gasteiger partial charge in [0.15, 0.2) is 0 Å². The van der Waals surface area contributed by atoms with E-state index in [0.29, 0.717) is 5.95 Å². The Hall–Kier alpha value is -1.21. The summed E-state index contributed by atoms with van der Waals surface area (Å²) in [4.78, 5) is 12.8. The zero-order valence-electron chi connectivity index (χ0n) is 10.4. The van der Waals surface area contributed by atoms with E-state index in [1.54, 1.807) is 30.8 Å². The summed E-state index contributed by atoms with van der Waals surface area (Å²) in [6, 6.07) is 0. The van der Waals surface area contributed by atoms with Gasteiger partial charge >= 0.3 is 0 Å². The van der Waals surface area contributed by atoms with Gasteiger partial charge in [0.1, 0.15) is 10.8 Å². The number of thiazole rings is 1. The molecule has 5 nitrogen and oxygen atoms in total. The third-order valence-corrected chi connectivity index (χ3v) is 4.04. The van der Waals surface area contributed by atoms with Crippen molar-refractivity contribution in [2.75, 3.05) is 17.7 Å². The molecule has 0 fully saturated rings. The molecule has 96 valence electrons. The van der Waals surface area contributed by atoms with Crippen molar-refractivity contribution in [3.05, 3.63) is 27.3 Å². The number of nitrogens with zero attached hydrogens (tertiary/aromatic N) is 3. The second-order valence-electron chi connectivity index (χ2n) is 4.23. The van der Waals surface area contributed by atoms with Crippen LogP contribution in [-0.2, 0) is 5.54 Å². The van der Waals surface area contributed by atoms with Crippen LogP contribution in [0, 0.1) is 0 Å². The Balaban J connectivity index is 2.28. The Kier molecular flexibility index (Phi) is 3.82. The molecule has 0 amide bonds. The van der Waals surface area contributed by atoms with Crippen LogP contribution in [0.5, 0.6) is 0 Å². The second kappa shape index (κ2) is 5.19. The highest BCUT2D eigenvalue weighted by molar-refractivity contribution is 9.10. The molecule has 0 saturated heterocycles. The Morgan fingerprint density at radius 1 is 1.33 bits per heavy atom. The molecule has 0 aromatic carbocycles. The van der Waals surface area contributed by atoms with Crippen LogP contribution in [0.1, 0.15) is 18.9 Å². The first-order valence-corrected chi connectivity index (χ1v) is 7.08. The highest BCUT2D eigenvalue weighted by Gasteiger charge is 2.24. The van der Waals surface area contributed by atoms with Crippen LogP contribution in [0.15, 0.2) is 22.2 Å². The van der Waals surface area contributed by atoms with Crippen molar-refractivity contribution in [1.82, 2.24) is 15.0 Å². The fraction of sp³-hybridized carbons (Fsp3) is 0.364. The number of hydrogen-bond donors (Lipinski definition) is 2. The smallest absolute Gasteiger partial charge is 0.224 e. The van der Waals surface area contributed by atoms with Crippen LogP contribution in [0.2, 0.25) is 0 Å². The largest absolute Gasteiger partial charge is 0.358 e. The summed E-state index contributed by atoms with van der Waals surface area (Å²) in [5, 5.41) is 9.27. The fourth-order valence-corrected chi connectivity index (χ4v) is 2.46. The predicted octanol–water partition coefficient (Wildman–Crippen LogP) is 3.08. The molecular weight excluding hydrogens is 314 g/mol. The lowest BCUT2D eigenvalue weighted by molar-refractivity contribution is 0.600. The molecule has 0 atom stereocenters. The molecule has 0 radical (unpaired) electrons.